The molecule has 0 fully saturated rings. The summed E-state index contributed by atoms with van der Waals surface area (Å²) in [5, 5.41) is 14.4. The quantitative estimate of drug-likeness (QED) is 0.830. The van der Waals surface area contributed by atoms with Crippen LogP contribution in [0.5, 0.6) is 0 Å². The lowest BCUT2D eigenvalue weighted by atomic mass is 10.2. The molecule has 0 radical (unpaired) electrons. The van der Waals surface area contributed by atoms with Crippen LogP contribution in [-0.2, 0) is 19.3 Å². The number of thiophene rings is 1. The standard InChI is InChI=1S/C15H21N3S2/c1-10(2)9-16-7-6-14-17-18-15(20-14)13-8-11-4-3-5-12(11)19-13/h8,10,16H,3-7,9H2,1-2H3. The summed E-state index contributed by atoms with van der Waals surface area (Å²) < 4.78 is 0. The van der Waals surface area contributed by atoms with E-state index < -0.39 is 0 Å². The molecule has 2 heterocycles. The second kappa shape index (κ2) is 6.33. The zero-order valence-corrected chi connectivity index (χ0v) is 13.7. The van der Waals surface area contributed by atoms with Gasteiger partial charge in [0.15, 0.2) is 5.01 Å². The third-order valence-electron chi connectivity index (χ3n) is 3.49. The number of hydrogen-bond acceptors (Lipinski definition) is 5. The Bertz CT molecular complexity index is 550. The number of aromatic nitrogens is 2. The Kier molecular flexibility index (Phi) is 4.48. The van der Waals surface area contributed by atoms with E-state index in [1.54, 1.807) is 21.8 Å². The maximum Gasteiger partial charge on any atom is 0.157 e. The van der Waals surface area contributed by atoms with Gasteiger partial charge in [-0.05, 0) is 43.4 Å². The van der Waals surface area contributed by atoms with Crippen molar-refractivity contribution >= 4 is 22.7 Å². The summed E-state index contributed by atoms with van der Waals surface area (Å²) in [6.07, 6.45) is 4.81. The predicted octanol–water partition coefficient (Wildman–Crippen LogP) is 3.54. The Morgan fingerprint density at radius 3 is 2.95 bits per heavy atom. The van der Waals surface area contributed by atoms with Gasteiger partial charge in [0, 0.05) is 17.8 Å². The minimum Gasteiger partial charge on any atom is -0.316 e. The molecule has 20 heavy (non-hydrogen) atoms. The van der Waals surface area contributed by atoms with E-state index >= 15 is 0 Å². The van der Waals surface area contributed by atoms with Crippen molar-refractivity contribution in [1.29, 1.82) is 0 Å². The van der Waals surface area contributed by atoms with Gasteiger partial charge in [-0.2, -0.15) is 0 Å². The number of nitrogens with one attached hydrogen (secondary N) is 1. The molecule has 0 unspecified atom stereocenters. The van der Waals surface area contributed by atoms with Gasteiger partial charge in [-0.3, -0.25) is 0 Å². The largest absolute Gasteiger partial charge is 0.316 e. The number of rotatable bonds is 6. The molecule has 0 saturated heterocycles. The van der Waals surface area contributed by atoms with Crippen LogP contribution >= 0.6 is 22.7 Å². The van der Waals surface area contributed by atoms with E-state index in [9.17, 15) is 0 Å². The molecule has 5 heteroatoms. The molecule has 1 aliphatic rings. The van der Waals surface area contributed by atoms with Crippen molar-refractivity contribution in [2.75, 3.05) is 13.1 Å². The second-order valence-corrected chi connectivity index (χ2v) is 7.96. The molecule has 0 atom stereocenters. The maximum atomic E-state index is 4.36. The van der Waals surface area contributed by atoms with Gasteiger partial charge in [0.1, 0.15) is 5.01 Å². The number of hydrogen-bond donors (Lipinski definition) is 1. The molecule has 0 amide bonds. The maximum absolute atomic E-state index is 4.36. The summed E-state index contributed by atoms with van der Waals surface area (Å²) >= 11 is 3.66. The summed E-state index contributed by atoms with van der Waals surface area (Å²) in [6, 6.07) is 2.33. The van der Waals surface area contributed by atoms with Gasteiger partial charge < -0.3 is 5.32 Å². The molecule has 0 aliphatic heterocycles. The van der Waals surface area contributed by atoms with E-state index in [1.165, 1.54) is 24.1 Å². The smallest absolute Gasteiger partial charge is 0.157 e. The molecule has 0 spiro atoms. The van der Waals surface area contributed by atoms with Gasteiger partial charge in [0.25, 0.3) is 0 Å². The Balaban J connectivity index is 1.58. The first-order chi connectivity index (χ1) is 9.72. The minimum atomic E-state index is 0.702. The molecule has 2 aromatic rings. The van der Waals surface area contributed by atoms with E-state index in [1.807, 2.05) is 11.3 Å². The van der Waals surface area contributed by atoms with Crippen molar-refractivity contribution in [3.63, 3.8) is 0 Å². The fraction of sp³-hybridized carbons (Fsp3) is 0.600. The highest BCUT2D eigenvalue weighted by Gasteiger charge is 2.17. The molecule has 108 valence electrons. The zero-order valence-electron chi connectivity index (χ0n) is 12.1. The lowest BCUT2D eigenvalue weighted by Crippen LogP contribution is -2.22. The van der Waals surface area contributed by atoms with Crippen LogP contribution in [0.25, 0.3) is 9.88 Å². The van der Waals surface area contributed by atoms with Gasteiger partial charge in [-0.1, -0.05) is 25.2 Å². The van der Waals surface area contributed by atoms with Gasteiger partial charge in [-0.25, -0.2) is 0 Å². The van der Waals surface area contributed by atoms with Crippen LogP contribution in [0, 0.1) is 5.92 Å². The fourth-order valence-corrected chi connectivity index (χ4v) is 4.61. The minimum absolute atomic E-state index is 0.702. The first-order valence-corrected chi connectivity index (χ1v) is 9.00. The fourth-order valence-electron chi connectivity index (χ4n) is 2.47. The lowest BCUT2D eigenvalue weighted by molar-refractivity contribution is 0.553. The summed E-state index contributed by atoms with van der Waals surface area (Å²) in [5.74, 6) is 0.702. The van der Waals surface area contributed by atoms with Gasteiger partial charge in [-0.15, -0.1) is 21.5 Å². The van der Waals surface area contributed by atoms with Crippen LogP contribution in [0.4, 0.5) is 0 Å². The third-order valence-corrected chi connectivity index (χ3v) is 5.88. The average Bonchev–Trinajstić information content (AvgIpc) is 3.08. The Morgan fingerprint density at radius 2 is 2.15 bits per heavy atom. The van der Waals surface area contributed by atoms with E-state index in [-0.39, 0.29) is 0 Å². The molecule has 0 saturated carbocycles. The summed E-state index contributed by atoms with van der Waals surface area (Å²) in [7, 11) is 0. The monoisotopic (exact) mass is 307 g/mol. The average molecular weight is 307 g/mol. The third kappa shape index (κ3) is 3.27. The Morgan fingerprint density at radius 1 is 1.25 bits per heavy atom. The highest BCUT2D eigenvalue weighted by Crippen LogP contribution is 2.37. The Hall–Kier alpha value is -0.780. The molecule has 1 N–H and O–H groups in total. The molecule has 2 aromatic heterocycles. The highest BCUT2D eigenvalue weighted by molar-refractivity contribution is 7.21. The van der Waals surface area contributed by atoms with E-state index in [2.05, 4.69) is 35.4 Å². The number of fused-ring (bicyclic) bond motifs is 1. The van der Waals surface area contributed by atoms with Gasteiger partial charge >= 0.3 is 0 Å². The normalized spacial score (nSPS) is 14.2. The molecule has 3 rings (SSSR count). The lowest BCUT2D eigenvalue weighted by Gasteiger charge is -2.04. The summed E-state index contributed by atoms with van der Waals surface area (Å²) in [5.41, 5.74) is 1.54. The van der Waals surface area contributed by atoms with Crippen LogP contribution in [0.15, 0.2) is 6.07 Å². The van der Waals surface area contributed by atoms with Gasteiger partial charge in [0.05, 0.1) is 4.88 Å². The van der Waals surface area contributed by atoms with E-state index in [0.29, 0.717) is 5.92 Å². The van der Waals surface area contributed by atoms with Crippen LogP contribution in [0.3, 0.4) is 0 Å². The molecule has 1 aliphatic carbocycles. The summed E-state index contributed by atoms with van der Waals surface area (Å²) in [6.45, 7) is 6.52. The number of nitrogens with zero attached hydrogens (tertiary/aromatic N) is 2. The van der Waals surface area contributed by atoms with Crippen LogP contribution in [0.1, 0.15) is 35.7 Å². The molecular weight excluding hydrogens is 286 g/mol. The van der Waals surface area contributed by atoms with Crippen molar-refractivity contribution < 1.29 is 0 Å². The molecule has 0 bridgehead atoms. The van der Waals surface area contributed by atoms with Crippen molar-refractivity contribution in [3.8, 4) is 9.88 Å². The van der Waals surface area contributed by atoms with Crippen molar-refractivity contribution in [2.24, 2.45) is 5.92 Å². The molecular formula is C15H21N3S2. The SMILES string of the molecule is CC(C)CNCCc1nnc(-c2cc3c(s2)CCC3)s1. The molecule has 0 aromatic carbocycles. The van der Waals surface area contributed by atoms with E-state index in [4.69, 9.17) is 0 Å². The van der Waals surface area contributed by atoms with Crippen molar-refractivity contribution in [3.05, 3.63) is 21.5 Å². The van der Waals surface area contributed by atoms with Crippen LogP contribution in [-0.4, -0.2) is 23.3 Å². The summed E-state index contributed by atoms with van der Waals surface area (Å²) in [4.78, 5) is 2.88. The number of aryl methyl sites for hydroxylation is 2. The topological polar surface area (TPSA) is 37.8 Å². The van der Waals surface area contributed by atoms with E-state index in [0.717, 1.165) is 29.5 Å². The zero-order chi connectivity index (χ0) is 13.9. The first-order valence-electron chi connectivity index (χ1n) is 7.37. The molecule has 3 nitrogen and oxygen atoms in total. The van der Waals surface area contributed by atoms with Crippen molar-refractivity contribution in [1.82, 2.24) is 15.5 Å². The van der Waals surface area contributed by atoms with Gasteiger partial charge in [0.2, 0.25) is 0 Å². The Labute approximate surface area is 128 Å². The highest BCUT2D eigenvalue weighted by atomic mass is 32.1. The van der Waals surface area contributed by atoms with Crippen molar-refractivity contribution in [2.45, 2.75) is 39.5 Å². The van der Waals surface area contributed by atoms with Crippen LogP contribution < -0.4 is 5.32 Å². The predicted molar refractivity (Wildman–Crippen MR) is 86.7 cm³/mol. The van der Waals surface area contributed by atoms with Crippen LogP contribution in [0.2, 0.25) is 0 Å². The first kappa shape index (κ1) is 14.2. The second-order valence-electron chi connectivity index (χ2n) is 5.76.